The number of benzene rings is 2. The van der Waals surface area contributed by atoms with Crippen LogP contribution in [0.25, 0.3) is 10.9 Å². The summed E-state index contributed by atoms with van der Waals surface area (Å²) >= 11 is 0. The largest absolute Gasteiger partial charge is 0.496 e. The highest BCUT2D eigenvalue weighted by atomic mass is 16.5. The molecule has 0 spiro atoms. The molecule has 2 aliphatic rings. The number of hydrogen-bond donors (Lipinski definition) is 2. The van der Waals surface area contributed by atoms with Crippen LogP contribution in [0.4, 0.5) is 0 Å². The number of aromatic carboxylic acids is 1. The summed E-state index contributed by atoms with van der Waals surface area (Å²) < 4.78 is 5.80. The van der Waals surface area contributed by atoms with Gasteiger partial charge in [-0.3, -0.25) is 9.80 Å². The van der Waals surface area contributed by atoms with Gasteiger partial charge in [0.05, 0.1) is 12.7 Å². The lowest BCUT2D eigenvalue weighted by Crippen LogP contribution is -2.53. The molecular formula is C26H31N3O3. The average molecular weight is 434 g/mol. The van der Waals surface area contributed by atoms with Crippen LogP contribution in [-0.4, -0.2) is 58.6 Å². The van der Waals surface area contributed by atoms with Crippen LogP contribution in [0.3, 0.4) is 0 Å². The van der Waals surface area contributed by atoms with E-state index in [0.717, 1.165) is 37.4 Å². The van der Waals surface area contributed by atoms with Crippen molar-refractivity contribution >= 4 is 16.9 Å². The fourth-order valence-electron chi connectivity index (χ4n) is 5.26. The van der Waals surface area contributed by atoms with E-state index in [4.69, 9.17) is 4.74 Å². The number of ether oxygens (including phenoxy) is 1. The van der Waals surface area contributed by atoms with E-state index < -0.39 is 5.97 Å². The van der Waals surface area contributed by atoms with Gasteiger partial charge in [0, 0.05) is 60.9 Å². The van der Waals surface area contributed by atoms with Crippen molar-refractivity contribution in [3.8, 4) is 5.75 Å². The Labute approximate surface area is 188 Å². The van der Waals surface area contributed by atoms with Crippen molar-refractivity contribution in [2.75, 3.05) is 26.7 Å². The van der Waals surface area contributed by atoms with E-state index in [-0.39, 0.29) is 6.04 Å². The standard InChI is InChI=1S/C26H31N3O3/c1-17-14-24(32-2)22(21-10-11-27-25(17)21)15-29-13-12-28(20-4-3-5-20)16-23(29)18-6-8-19(9-7-18)26(30)31/h6-11,14,20,23,27H,3-5,12-13,15-16H2,1-2H3,(H,30,31). The third kappa shape index (κ3) is 3.78. The van der Waals surface area contributed by atoms with Crippen LogP contribution in [0, 0.1) is 6.92 Å². The number of H-pyrrole nitrogens is 1. The van der Waals surface area contributed by atoms with Gasteiger partial charge >= 0.3 is 5.97 Å². The zero-order chi connectivity index (χ0) is 22.2. The lowest BCUT2D eigenvalue weighted by atomic mass is 9.89. The third-order valence-electron chi connectivity index (χ3n) is 7.35. The molecule has 0 radical (unpaired) electrons. The first kappa shape index (κ1) is 21.0. The average Bonchev–Trinajstić information content (AvgIpc) is 3.26. The quantitative estimate of drug-likeness (QED) is 0.595. The molecule has 1 unspecified atom stereocenters. The van der Waals surface area contributed by atoms with E-state index in [1.807, 2.05) is 18.3 Å². The summed E-state index contributed by atoms with van der Waals surface area (Å²) in [6.45, 7) is 5.92. The minimum absolute atomic E-state index is 0.215. The molecule has 1 saturated carbocycles. The first-order valence-corrected chi connectivity index (χ1v) is 11.5. The van der Waals surface area contributed by atoms with Crippen molar-refractivity contribution in [3.05, 3.63) is 64.8 Å². The molecule has 6 nitrogen and oxygen atoms in total. The number of hydrogen-bond acceptors (Lipinski definition) is 4. The van der Waals surface area contributed by atoms with Gasteiger partial charge in [-0.05, 0) is 55.2 Å². The number of carbonyl (C=O) groups is 1. The highest BCUT2D eigenvalue weighted by molar-refractivity contribution is 5.88. The van der Waals surface area contributed by atoms with E-state index in [9.17, 15) is 9.90 Å². The molecule has 2 N–H and O–H groups in total. The summed E-state index contributed by atoms with van der Waals surface area (Å²) in [7, 11) is 1.74. The first-order chi connectivity index (χ1) is 15.5. The molecule has 0 bridgehead atoms. The highest BCUT2D eigenvalue weighted by Gasteiger charge is 2.34. The van der Waals surface area contributed by atoms with Crippen molar-refractivity contribution in [3.63, 3.8) is 0 Å². The molecule has 3 aromatic rings. The van der Waals surface area contributed by atoms with Gasteiger partial charge in [-0.15, -0.1) is 0 Å². The van der Waals surface area contributed by atoms with Gasteiger partial charge in [0.25, 0.3) is 0 Å². The lowest BCUT2D eigenvalue weighted by molar-refractivity contribution is 0.0188. The Bertz CT molecular complexity index is 1120. The Morgan fingerprint density at radius 2 is 1.97 bits per heavy atom. The smallest absolute Gasteiger partial charge is 0.335 e. The molecule has 2 fully saturated rings. The number of rotatable bonds is 6. The Hall–Kier alpha value is -2.83. The molecule has 0 amide bonds. The summed E-state index contributed by atoms with van der Waals surface area (Å²) in [5, 5.41) is 10.5. The summed E-state index contributed by atoms with van der Waals surface area (Å²) in [5.74, 6) is 0.0448. The molecule has 1 saturated heterocycles. The molecule has 168 valence electrons. The maximum Gasteiger partial charge on any atom is 0.335 e. The second-order valence-electron chi connectivity index (χ2n) is 9.13. The number of aromatic nitrogens is 1. The van der Waals surface area contributed by atoms with Crippen molar-refractivity contribution < 1.29 is 14.6 Å². The van der Waals surface area contributed by atoms with Crippen molar-refractivity contribution in [1.29, 1.82) is 0 Å². The second kappa shape index (κ2) is 8.60. The fourth-order valence-corrected chi connectivity index (χ4v) is 5.26. The summed E-state index contributed by atoms with van der Waals surface area (Å²) in [5.41, 5.74) is 5.06. The zero-order valence-electron chi connectivity index (χ0n) is 18.8. The van der Waals surface area contributed by atoms with Gasteiger partial charge in [-0.2, -0.15) is 0 Å². The predicted octanol–water partition coefficient (Wildman–Crippen LogP) is 4.59. The maximum atomic E-state index is 11.3. The number of aromatic amines is 1. The second-order valence-corrected chi connectivity index (χ2v) is 9.13. The monoisotopic (exact) mass is 433 g/mol. The topological polar surface area (TPSA) is 68.8 Å². The van der Waals surface area contributed by atoms with Gasteiger partial charge in [0.15, 0.2) is 0 Å². The Morgan fingerprint density at radius 1 is 1.19 bits per heavy atom. The van der Waals surface area contributed by atoms with Crippen molar-refractivity contribution in [2.24, 2.45) is 0 Å². The van der Waals surface area contributed by atoms with Crippen LogP contribution in [-0.2, 0) is 6.54 Å². The number of piperazine rings is 1. The van der Waals surface area contributed by atoms with Gasteiger partial charge in [0.2, 0.25) is 0 Å². The number of fused-ring (bicyclic) bond motifs is 1. The number of carboxylic acid groups (broad SMARTS) is 1. The van der Waals surface area contributed by atoms with Crippen LogP contribution >= 0.6 is 0 Å². The molecular weight excluding hydrogens is 402 g/mol. The molecule has 5 rings (SSSR count). The highest BCUT2D eigenvalue weighted by Crippen LogP contribution is 2.36. The molecule has 1 atom stereocenters. The Morgan fingerprint density at radius 3 is 2.62 bits per heavy atom. The fraction of sp³-hybridized carbons (Fsp3) is 0.423. The number of nitrogens with one attached hydrogen (secondary N) is 1. The number of methoxy groups -OCH3 is 1. The molecule has 1 aliphatic carbocycles. The molecule has 1 aliphatic heterocycles. The van der Waals surface area contributed by atoms with E-state index >= 15 is 0 Å². The van der Waals surface area contributed by atoms with Crippen LogP contribution < -0.4 is 4.74 Å². The number of carboxylic acids is 1. The van der Waals surface area contributed by atoms with Gasteiger partial charge in [0.1, 0.15) is 5.75 Å². The molecule has 2 heterocycles. The molecule has 32 heavy (non-hydrogen) atoms. The van der Waals surface area contributed by atoms with E-state index in [2.05, 4.69) is 33.8 Å². The normalized spacial score (nSPS) is 20.4. The van der Waals surface area contributed by atoms with E-state index in [1.54, 1.807) is 19.2 Å². The molecule has 2 aromatic carbocycles. The Kier molecular flexibility index (Phi) is 5.66. The van der Waals surface area contributed by atoms with Gasteiger partial charge < -0.3 is 14.8 Å². The van der Waals surface area contributed by atoms with Gasteiger partial charge in [-0.25, -0.2) is 4.79 Å². The predicted molar refractivity (Wildman–Crippen MR) is 125 cm³/mol. The third-order valence-corrected chi connectivity index (χ3v) is 7.35. The van der Waals surface area contributed by atoms with Crippen molar-refractivity contribution in [1.82, 2.24) is 14.8 Å². The zero-order valence-corrected chi connectivity index (χ0v) is 18.8. The SMILES string of the molecule is COc1cc(C)c2[nH]ccc2c1CN1CCN(C2CCC2)CC1c1ccc(C(=O)O)cc1. The summed E-state index contributed by atoms with van der Waals surface area (Å²) in [6.07, 6.45) is 5.91. The minimum Gasteiger partial charge on any atom is -0.496 e. The van der Waals surface area contributed by atoms with Crippen LogP contribution in [0.1, 0.15) is 52.4 Å². The van der Waals surface area contributed by atoms with Gasteiger partial charge in [-0.1, -0.05) is 18.6 Å². The maximum absolute atomic E-state index is 11.3. The van der Waals surface area contributed by atoms with E-state index in [1.165, 1.54) is 41.3 Å². The first-order valence-electron chi connectivity index (χ1n) is 11.5. The summed E-state index contributed by atoms with van der Waals surface area (Å²) in [6, 6.07) is 12.6. The minimum atomic E-state index is -0.882. The molecule has 6 heteroatoms. The Balaban J connectivity index is 1.49. The van der Waals surface area contributed by atoms with Crippen LogP contribution in [0.2, 0.25) is 0 Å². The number of nitrogens with zero attached hydrogens (tertiary/aromatic N) is 2. The van der Waals surface area contributed by atoms with E-state index in [0.29, 0.717) is 11.6 Å². The number of aryl methyl sites for hydroxylation is 1. The summed E-state index contributed by atoms with van der Waals surface area (Å²) in [4.78, 5) is 19.9. The van der Waals surface area contributed by atoms with Crippen molar-refractivity contribution in [2.45, 2.75) is 44.8 Å². The lowest BCUT2D eigenvalue weighted by Gasteiger charge is -2.47. The molecule has 1 aromatic heterocycles. The van der Waals surface area contributed by atoms with Crippen LogP contribution in [0.15, 0.2) is 42.6 Å². The van der Waals surface area contributed by atoms with Crippen LogP contribution in [0.5, 0.6) is 5.75 Å².